The zero-order valence-corrected chi connectivity index (χ0v) is 12.4. The summed E-state index contributed by atoms with van der Waals surface area (Å²) in [4.78, 5) is 0. The van der Waals surface area contributed by atoms with Crippen LogP contribution in [0.5, 0.6) is 0 Å². The molecular weight excluding hydrogens is 271 g/mol. The van der Waals surface area contributed by atoms with E-state index in [1.54, 1.807) is 0 Å². The van der Waals surface area contributed by atoms with Crippen LogP contribution in [0.1, 0.15) is 6.04 Å². The average molecular weight is 278 g/mol. The summed E-state index contributed by atoms with van der Waals surface area (Å²) in [5.41, 5.74) is -0.792. The van der Waals surface area contributed by atoms with Crippen LogP contribution >= 0.6 is 0 Å². The third-order valence-corrected chi connectivity index (χ3v) is 4.05. The Morgan fingerprint density at radius 1 is 1.38 bits per heavy atom. The molecule has 0 amide bonds. The minimum Gasteiger partial charge on any atom is -0.445 e. The molecule has 0 unspecified atom stereocenters. The van der Waals surface area contributed by atoms with Crippen molar-refractivity contribution in [3.63, 3.8) is 0 Å². The quantitative estimate of drug-likeness (QED) is 0.539. The van der Waals surface area contributed by atoms with E-state index in [1.165, 1.54) is 0 Å². The van der Waals surface area contributed by atoms with Gasteiger partial charge in [-0.05, 0) is 6.20 Å². The van der Waals surface area contributed by atoms with Crippen molar-refractivity contribution in [1.29, 1.82) is 0 Å². The molecular formula is C6H7BF3KN2O2S. The van der Waals surface area contributed by atoms with Gasteiger partial charge >= 0.3 is 58.4 Å². The van der Waals surface area contributed by atoms with Crippen LogP contribution in [-0.4, -0.2) is 36.7 Å². The number of hydrogen-bond acceptors (Lipinski definition) is 3. The molecule has 0 atom stereocenters. The number of hydrogen-bond donors (Lipinski definition) is 0. The van der Waals surface area contributed by atoms with Crippen LogP contribution in [0, 0.1) is 0 Å². The number of nitrogens with zero attached hydrogens (tertiary/aromatic N) is 2. The van der Waals surface area contributed by atoms with Gasteiger partial charge in [0.05, 0.1) is 17.5 Å². The first kappa shape index (κ1) is 14.7. The fourth-order valence-electron chi connectivity index (χ4n) is 1.41. The number of sulfone groups is 1. The van der Waals surface area contributed by atoms with E-state index >= 15 is 0 Å². The molecule has 1 aromatic rings. The molecule has 0 N–H and O–H groups in total. The van der Waals surface area contributed by atoms with Crippen molar-refractivity contribution >= 4 is 22.3 Å². The number of halogens is 3. The first-order valence-corrected chi connectivity index (χ1v) is 6.04. The molecule has 2 heterocycles. The molecule has 2 rings (SSSR count). The third-order valence-electron chi connectivity index (χ3n) is 2.27. The summed E-state index contributed by atoms with van der Waals surface area (Å²) in [6.07, 6.45) is 1.59. The van der Waals surface area contributed by atoms with Crippen LogP contribution in [0.2, 0.25) is 0 Å². The number of rotatable bonds is 2. The summed E-state index contributed by atoms with van der Waals surface area (Å²) in [7, 11) is -3.04. The van der Waals surface area contributed by atoms with Gasteiger partial charge in [0.15, 0.2) is 9.84 Å². The van der Waals surface area contributed by atoms with Crippen LogP contribution in [0.25, 0.3) is 0 Å². The van der Waals surface area contributed by atoms with E-state index in [0.717, 1.165) is 17.1 Å². The van der Waals surface area contributed by atoms with E-state index < -0.39 is 28.3 Å². The minimum atomic E-state index is -5.05. The van der Waals surface area contributed by atoms with Gasteiger partial charge in [-0.2, -0.15) is 5.10 Å². The molecule has 1 saturated heterocycles. The predicted molar refractivity (Wildman–Crippen MR) is 48.6 cm³/mol. The first-order valence-electron chi connectivity index (χ1n) is 4.22. The summed E-state index contributed by atoms with van der Waals surface area (Å²) in [5, 5.41) is 3.52. The molecule has 10 heteroatoms. The molecule has 84 valence electrons. The molecule has 1 aliphatic rings. The van der Waals surface area contributed by atoms with Crippen molar-refractivity contribution in [2.45, 2.75) is 6.04 Å². The molecule has 0 aliphatic carbocycles. The van der Waals surface area contributed by atoms with Crippen molar-refractivity contribution < 1.29 is 72.7 Å². The van der Waals surface area contributed by atoms with Gasteiger partial charge in [0.25, 0.3) is 0 Å². The van der Waals surface area contributed by atoms with Crippen molar-refractivity contribution in [2.24, 2.45) is 0 Å². The topological polar surface area (TPSA) is 52.0 Å². The summed E-state index contributed by atoms with van der Waals surface area (Å²) >= 11 is 0. The van der Waals surface area contributed by atoms with Crippen LogP contribution in [0.4, 0.5) is 12.9 Å². The molecule has 4 nitrogen and oxygen atoms in total. The molecule has 0 saturated carbocycles. The second kappa shape index (κ2) is 4.73. The van der Waals surface area contributed by atoms with Gasteiger partial charge in [0.1, 0.15) is 0 Å². The maximum Gasteiger partial charge on any atom is 1.00 e. The Labute approximate surface area is 133 Å². The predicted octanol–water partition coefficient (Wildman–Crippen LogP) is -3.09. The Bertz CT molecular complexity index is 474. The second-order valence-electron chi connectivity index (χ2n) is 3.56. The maximum absolute atomic E-state index is 12.2. The molecule has 0 radical (unpaired) electrons. The first-order chi connectivity index (χ1) is 6.78. The van der Waals surface area contributed by atoms with E-state index in [9.17, 15) is 21.4 Å². The molecule has 16 heavy (non-hydrogen) atoms. The summed E-state index contributed by atoms with van der Waals surface area (Å²) in [6.45, 7) is -5.05. The Kier molecular flexibility index (Phi) is 4.35. The van der Waals surface area contributed by atoms with Gasteiger partial charge < -0.3 is 12.9 Å². The van der Waals surface area contributed by atoms with E-state index in [2.05, 4.69) is 5.10 Å². The molecule has 1 aliphatic heterocycles. The standard InChI is InChI=1S/C6H7BF3N2O2S.K/c8-7(9,10)5-1-11-12(2-5)6-3-15(13,14)4-6;/h1-2,6H,3-4H2;/q-1;+1. The molecule has 0 aromatic carbocycles. The Morgan fingerprint density at radius 3 is 2.31 bits per heavy atom. The third kappa shape index (κ3) is 3.11. The smallest absolute Gasteiger partial charge is 0.445 e. The zero-order chi connectivity index (χ0) is 11.3. The Morgan fingerprint density at radius 2 is 1.94 bits per heavy atom. The summed E-state index contributed by atoms with van der Waals surface area (Å²) in [6, 6.07) is -0.443. The molecule has 1 aromatic heterocycles. The van der Waals surface area contributed by atoms with Crippen LogP contribution in [0.15, 0.2) is 12.4 Å². The van der Waals surface area contributed by atoms with Crippen LogP contribution < -0.4 is 56.8 Å². The van der Waals surface area contributed by atoms with Crippen LogP contribution in [-0.2, 0) is 9.84 Å². The van der Waals surface area contributed by atoms with Gasteiger partial charge in [0.2, 0.25) is 0 Å². The largest absolute Gasteiger partial charge is 1.00 e. The fourth-order valence-corrected chi connectivity index (χ4v) is 2.79. The minimum absolute atomic E-state index is 0. The SMILES string of the molecule is O=S1(=O)CC(n2cc([B-](F)(F)F)cn2)C1.[K+]. The van der Waals surface area contributed by atoms with Crippen molar-refractivity contribution in [1.82, 2.24) is 9.78 Å². The van der Waals surface area contributed by atoms with Crippen molar-refractivity contribution in [3.8, 4) is 0 Å². The monoisotopic (exact) mass is 278 g/mol. The van der Waals surface area contributed by atoms with Gasteiger partial charge in [-0.25, -0.2) is 8.42 Å². The Balaban J connectivity index is 0.00000128. The molecule has 0 spiro atoms. The number of aromatic nitrogens is 2. The van der Waals surface area contributed by atoms with E-state index in [4.69, 9.17) is 0 Å². The zero-order valence-electron chi connectivity index (χ0n) is 8.48. The van der Waals surface area contributed by atoms with Crippen molar-refractivity contribution in [2.75, 3.05) is 11.5 Å². The van der Waals surface area contributed by atoms with Gasteiger partial charge in [-0.15, -0.1) is 0 Å². The van der Waals surface area contributed by atoms with E-state index in [-0.39, 0.29) is 62.9 Å². The average Bonchev–Trinajstić information content (AvgIpc) is 2.45. The van der Waals surface area contributed by atoms with E-state index in [1.807, 2.05) is 0 Å². The summed E-state index contributed by atoms with van der Waals surface area (Å²) in [5.74, 6) is -0.252. The second-order valence-corrected chi connectivity index (χ2v) is 5.71. The Hall–Kier alpha value is 0.651. The van der Waals surface area contributed by atoms with Crippen LogP contribution in [0.3, 0.4) is 0 Å². The van der Waals surface area contributed by atoms with Crippen molar-refractivity contribution in [3.05, 3.63) is 12.4 Å². The fraction of sp³-hybridized carbons (Fsp3) is 0.500. The normalized spacial score (nSPS) is 19.9. The maximum atomic E-state index is 12.2. The van der Waals surface area contributed by atoms with Gasteiger partial charge in [-0.3, -0.25) is 4.68 Å². The molecule has 1 fully saturated rings. The van der Waals surface area contributed by atoms with E-state index in [0.29, 0.717) is 0 Å². The van der Waals surface area contributed by atoms with Gasteiger partial charge in [0, 0.05) is 6.20 Å². The molecule has 0 bridgehead atoms. The summed E-state index contributed by atoms with van der Waals surface area (Å²) < 4.78 is 59.4. The van der Waals surface area contributed by atoms with Gasteiger partial charge in [-0.1, -0.05) is 5.46 Å².